The van der Waals surface area contributed by atoms with Gasteiger partial charge in [0.1, 0.15) is 0 Å². The predicted molar refractivity (Wildman–Crippen MR) is 61.6 cm³/mol. The third-order valence-corrected chi connectivity index (χ3v) is 3.20. The first-order valence-electron chi connectivity index (χ1n) is 4.64. The maximum Gasteiger partial charge on any atom is 0.211 e. The van der Waals surface area contributed by atoms with Crippen LogP contribution in [0.25, 0.3) is 0 Å². The lowest BCUT2D eigenvalue weighted by molar-refractivity contribution is -0.105. The van der Waals surface area contributed by atoms with Crippen LogP contribution in [-0.2, 0) is 17.8 Å². The molecule has 0 bridgehead atoms. The van der Waals surface area contributed by atoms with Gasteiger partial charge in [0.25, 0.3) is 0 Å². The fourth-order valence-electron chi connectivity index (χ4n) is 1.76. The Hall–Kier alpha value is -0.770. The Kier molecular flexibility index (Phi) is 3.14. The van der Waals surface area contributed by atoms with Gasteiger partial charge in [-0.25, -0.2) is 0 Å². The van der Waals surface area contributed by atoms with E-state index in [1.54, 1.807) is 0 Å². The lowest BCUT2D eigenvalue weighted by Gasteiger charge is -2.20. The second kappa shape index (κ2) is 4.39. The van der Waals surface area contributed by atoms with Crippen LogP contribution < -0.4 is 10.6 Å². The van der Waals surface area contributed by atoms with Gasteiger partial charge in [0.2, 0.25) is 6.41 Å². The van der Waals surface area contributed by atoms with Crippen molar-refractivity contribution >= 4 is 35.3 Å². The van der Waals surface area contributed by atoms with E-state index in [1.165, 1.54) is 0 Å². The second-order valence-electron chi connectivity index (χ2n) is 3.37. The van der Waals surface area contributed by atoms with Gasteiger partial charge < -0.3 is 10.6 Å². The van der Waals surface area contributed by atoms with Gasteiger partial charge >= 0.3 is 0 Å². The molecule has 2 rings (SSSR count). The molecule has 2 N–H and O–H groups in total. The van der Waals surface area contributed by atoms with Crippen LogP contribution in [-0.4, -0.2) is 13.0 Å². The number of benzene rings is 1. The Morgan fingerprint density at radius 3 is 3.00 bits per heavy atom. The van der Waals surface area contributed by atoms with Crippen LogP contribution in [0.5, 0.6) is 0 Å². The Morgan fingerprint density at radius 2 is 2.27 bits per heavy atom. The molecule has 0 spiro atoms. The first-order chi connectivity index (χ1) is 7.24. The number of nitrogens with one attached hydrogen (secondary N) is 2. The van der Waals surface area contributed by atoms with E-state index in [4.69, 9.17) is 23.2 Å². The SMILES string of the molecule is O=CNc1c(Cl)cc2c(c1Cl)CCNC2. The molecule has 1 aromatic rings. The van der Waals surface area contributed by atoms with Gasteiger partial charge in [-0.3, -0.25) is 4.79 Å². The Labute approximate surface area is 97.8 Å². The minimum Gasteiger partial charge on any atom is -0.326 e. The molecule has 5 heteroatoms. The molecule has 1 aliphatic rings. The summed E-state index contributed by atoms with van der Waals surface area (Å²) in [7, 11) is 0. The number of halogens is 2. The first-order valence-corrected chi connectivity index (χ1v) is 5.40. The summed E-state index contributed by atoms with van der Waals surface area (Å²) in [5.41, 5.74) is 2.69. The van der Waals surface area contributed by atoms with Crippen LogP contribution in [0.3, 0.4) is 0 Å². The molecule has 15 heavy (non-hydrogen) atoms. The van der Waals surface area contributed by atoms with Gasteiger partial charge in [-0.1, -0.05) is 23.2 Å². The molecule has 0 aliphatic carbocycles. The van der Waals surface area contributed by atoms with Crippen molar-refractivity contribution in [2.75, 3.05) is 11.9 Å². The van der Waals surface area contributed by atoms with Crippen molar-refractivity contribution in [2.45, 2.75) is 13.0 Å². The summed E-state index contributed by atoms with van der Waals surface area (Å²) in [5.74, 6) is 0. The topological polar surface area (TPSA) is 41.1 Å². The van der Waals surface area contributed by atoms with Crippen molar-refractivity contribution in [1.82, 2.24) is 5.32 Å². The van der Waals surface area contributed by atoms with E-state index >= 15 is 0 Å². The molecular weight excluding hydrogens is 235 g/mol. The van der Waals surface area contributed by atoms with Crippen molar-refractivity contribution in [3.05, 3.63) is 27.2 Å². The predicted octanol–water partition coefficient (Wildman–Crippen LogP) is 2.21. The van der Waals surface area contributed by atoms with Crippen LogP contribution in [0.4, 0.5) is 5.69 Å². The monoisotopic (exact) mass is 244 g/mol. The highest BCUT2D eigenvalue weighted by Crippen LogP contribution is 2.36. The fourth-order valence-corrected chi connectivity index (χ4v) is 2.47. The van der Waals surface area contributed by atoms with Gasteiger partial charge in [0.15, 0.2) is 0 Å². The molecule has 0 saturated carbocycles. The van der Waals surface area contributed by atoms with Gasteiger partial charge in [0, 0.05) is 6.54 Å². The van der Waals surface area contributed by atoms with E-state index < -0.39 is 0 Å². The van der Waals surface area contributed by atoms with E-state index in [9.17, 15) is 4.79 Å². The van der Waals surface area contributed by atoms with Crippen molar-refractivity contribution in [3.63, 3.8) is 0 Å². The van der Waals surface area contributed by atoms with Crippen molar-refractivity contribution in [1.29, 1.82) is 0 Å². The van der Waals surface area contributed by atoms with Crippen LogP contribution in [0.2, 0.25) is 10.0 Å². The van der Waals surface area contributed by atoms with Crippen molar-refractivity contribution in [2.24, 2.45) is 0 Å². The second-order valence-corrected chi connectivity index (χ2v) is 4.16. The highest BCUT2D eigenvalue weighted by atomic mass is 35.5. The molecule has 80 valence electrons. The summed E-state index contributed by atoms with van der Waals surface area (Å²) in [6, 6.07) is 1.85. The summed E-state index contributed by atoms with van der Waals surface area (Å²) >= 11 is 12.2. The minimum atomic E-state index is 0.481. The van der Waals surface area contributed by atoms with Gasteiger partial charge in [0.05, 0.1) is 15.7 Å². The Bertz CT molecular complexity index is 407. The maximum absolute atomic E-state index is 10.4. The Morgan fingerprint density at radius 1 is 1.47 bits per heavy atom. The maximum atomic E-state index is 10.4. The highest BCUT2D eigenvalue weighted by Gasteiger charge is 2.17. The molecule has 1 aliphatic heterocycles. The molecule has 0 aromatic heterocycles. The van der Waals surface area contributed by atoms with Crippen LogP contribution in [0.1, 0.15) is 11.1 Å². The third-order valence-electron chi connectivity index (χ3n) is 2.48. The van der Waals surface area contributed by atoms with E-state index in [0.29, 0.717) is 22.1 Å². The molecule has 1 amide bonds. The number of carbonyl (C=O) groups is 1. The molecule has 0 unspecified atom stereocenters. The van der Waals surface area contributed by atoms with E-state index in [2.05, 4.69) is 10.6 Å². The summed E-state index contributed by atoms with van der Waals surface area (Å²) in [5, 5.41) is 6.81. The van der Waals surface area contributed by atoms with Gasteiger partial charge in [-0.15, -0.1) is 0 Å². The molecule has 1 heterocycles. The number of hydrogen-bond donors (Lipinski definition) is 2. The van der Waals surface area contributed by atoms with Gasteiger partial charge in [-0.2, -0.15) is 0 Å². The highest BCUT2D eigenvalue weighted by molar-refractivity contribution is 6.40. The number of carbonyl (C=O) groups excluding carboxylic acids is 1. The van der Waals surface area contributed by atoms with Crippen LogP contribution in [0, 0.1) is 0 Å². The zero-order chi connectivity index (χ0) is 10.8. The van der Waals surface area contributed by atoms with Crippen LogP contribution in [0.15, 0.2) is 6.07 Å². The largest absolute Gasteiger partial charge is 0.326 e. The van der Waals surface area contributed by atoms with E-state index in [1.807, 2.05) is 6.07 Å². The Balaban J connectivity index is 2.53. The van der Waals surface area contributed by atoms with E-state index in [-0.39, 0.29) is 0 Å². The zero-order valence-corrected chi connectivity index (χ0v) is 9.45. The normalized spacial score (nSPS) is 14.5. The standard InChI is InChI=1S/C10H10Cl2N2O/c11-8-3-6-4-13-2-1-7(6)9(12)10(8)14-5-15/h3,5,13H,1-2,4H2,(H,14,15). The number of rotatable bonds is 2. The van der Waals surface area contributed by atoms with Crippen molar-refractivity contribution < 1.29 is 4.79 Å². The first kappa shape index (κ1) is 10.7. The average molecular weight is 245 g/mol. The summed E-state index contributed by atoms with van der Waals surface area (Å²) in [6.45, 7) is 1.67. The van der Waals surface area contributed by atoms with E-state index in [0.717, 1.165) is 30.6 Å². The molecule has 0 atom stereocenters. The number of anilines is 1. The minimum absolute atomic E-state index is 0.481. The van der Waals surface area contributed by atoms with Gasteiger partial charge in [-0.05, 0) is 30.2 Å². The average Bonchev–Trinajstić information content (AvgIpc) is 2.24. The number of fused-ring (bicyclic) bond motifs is 1. The molecule has 1 aromatic carbocycles. The number of hydrogen-bond acceptors (Lipinski definition) is 2. The summed E-state index contributed by atoms with van der Waals surface area (Å²) < 4.78 is 0. The summed E-state index contributed by atoms with van der Waals surface area (Å²) in [6.07, 6.45) is 1.44. The molecule has 0 radical (unpaired) electrons. The quantitative estimate of drug-likeness (QED) is 0.784. The molecule has 3 nitrogen and oxygen atoms in total. The third kappa shape index (κ3) is 1.95. The zero-order valence-electron chi connectivity index (χ0n) is 7.94. The fraction of sp³-hybridized carbons (Fsp3) is 0.300. The van der Waals surface area contributed by atoms with Crippen molar-refractivity contribution in [3.8, 4) is 0 Å². The molecule has 0 saturated heterocycles. The lowest BCUT2D eigenvalue weighted by atomic mass is 10.00. The summed E-state index contributed by atoms with van der Waals surface area (Å²) in [4.78, 5) is 10.4. The molecular formula is C10H10Cl2N2O. The van der Waals surface area contributed by atoms with Crippen LogP contribution >= 0.6 is 23.2 Å². The number of amides is 1. The lowest BCUT2D eigenvalue weighted by Crippen LogP contribution is -2.24. The smallest absolute Gasteiger partial charge is 0.211 e. The molecule has 0 fully saturated rings.